The summed E-state index contributed by atoms with van der Waals surface area (Å²) in [5.74, 6) is 0.917. The number of H-pyrrole nitrogens is 1. The Morgan fingerprint density at radius 3 is 2.61 bits per heavy atom. The molecule has 0 radical (unpaired) electrons. The highest BCUT2D eigenvalue weighted by Gasteiger charge is 2.05. The molecule has 3 nitrogen and oxygen atoms in total. The lowest BCUT2D eigenvalue weighted by molar-refractivity contribution is 1.13. The fraction of sp³-hybridized carbons (Fsp3) is 0.133. The van der Waals surface area contributed by atoms with Crippen LogP contribution in [0.1, 0.15) is 0 Å². The van der Waals surface area contributed by atoms with E-state index in [2.05, 4.69) is 39.1 Å². The molecule has 0 aliphatic carbocycles. The number of anilines is 1. The van der Waals surface area contributed by atoms with Crippen LogP contribution in [0.2, 0.25) is 0 Å². The van der Waals surface area contributed by atoms with Crippen LogP contribution >= 0.6 is 0 Å². The Hall–Kier alpha value is -2.29. The Labute approximate surface area is 106 Å². The summed E-state index contributed by atoms with van der Waals surface area (Å²) in [5.41, 5.74) is 4.36. The minimum Gasteiger partial charge on any atom is -0.378 e. The van der Waals surface area contributed by atoms with Gasteiger partial charge in [0.05, 0.1) is 11.0 Å². The summed E-state index contributed by atoms with van der Waals surface area (Å²) >= 11 is 0. The van der Waals surface area contributed by atoms with E-state index in [1.54, 1.807) is 0 Å². The molecule has 0 saturated heterocycles. The number of para-hydroxylation sites is 2. The molecule has 0 atom stereocenters. The molecule has 90 valence electrons. The first-order valence-corrected chi connectivity index (χ1v) is 5.96. The van der Waals surface area contributed by atoms with Crippen molar-refractivity contribution in [2.75, 3.05) is 19.0 Å². The summed E-state index contributed by atoms with van der Waals surface area (Å²) < 4.78 is 0. The third kappa shape index (κ3) is 1.84. The zero-order valence-electron chi connectivity index (χ0n) is 10.5. The number of nitrogens with one attached hydrogen (secondary N) is 1. The second-order valence-electron chi connectivity index (χ2n) is 4.55. The van der Waals surface area contributed by atoms with Gasteiger partial charge in [0.2, 0.25) is 0 Å². The van der Waals surface area contributed by atoms with Gasteiger partial charge in [0, 0.05) is 25.3 Å². The first kappa shape index (κ1) is 10.8. The smallest absolute Gasteiger partial charge is 0.138 e. The van der Waals surface area contributed by atoms with Gasteiger partial charge in [-0.15, -0.1) is 0 Å². The Morgan fingerprint density at radius 2 is 1.83 bits per heavy atom. The van der Waals surface area contributed by atoms with E-state index < -0.39 is 0 Å². The molecule has 18 heavy (non-hydrogen) atoms. The van der Waals surface area contributed by atoms with Crippen LogP contribution in [0, 0.1) is 0 Å². The maximum absolute atomic E-state index is 4.61. The molecule has 0 aliphatic rings. The van der Waals surface area contributed by atoms with Crippen molar-refractivity contribution < 1.29 is 0 Å². The van der Waals surface area contributed by atoms with Crippen LogP contribution in [0.25, 0.3) is 22.4 Å². The number of rotatable bonds is 2. The maximum Gasteiger partial charge on any atom is 0.138 e. The molecule has 0 amide bonds. The van der Waals surface area contributed by atoms with E-state index in [0.717, 1.165) is 22.4 Å². The third-order valence-electron chi connectivity index (χ3n) is 3.03. The van der Waals surface area contributed by atoms with Gasteiger partial charge in [-0.05, 0) is 24.3 Å². The first-order valence-electron chi connectivity index (χ1n) is 5.96. The summed E-state index contributed by atoms with van der Waals surface area (Å²) in [6, 6.07) is 16.4. The van der Waals surface area contributed by atoms with Gasteiger partial charge in [0.1, 0.15) is 5.82 Å². The summed E-state index contributed by atoms with van der Waals surface area (Å²) in [7, 11) is 4.08. The average molecular weight is 237 g/mol. The van der Waals surface area contributed by atoms with Crippen LogP contribution in [0.15, 0.2) is 48.5 Å². The van der Waals surface area contributed by atoms with Gasteiger partial charge in [-0.2, -0.15) is 0 Å². The highest BCUT2D eigenvalue weighted by molar-refractivity contribution is 5.79. The third-order valence-corrected chi connectivity index (χ3v) is 3.03. The molecule has 1 aromatic heterocycles. The van der Waals surface area contributed by atoms with Gasteiger partial charge < -0.3 is 9.88 Å². The van der Waals surface area contributed by atoms with Crippen molar-refractivity contribution >= 4 is 16.7 Å². The van der Waals surface area contributed by atoms with Crippen LogP contribution in [0.5, 0.6) is 0 Å². The van der Waals surface area contributed by atoms with Gasteiger partial charge in [0.25, 0.3) is 0 Å². The van der Waals surface area contributed by atoms with E-state index in [0.29, 0.717) is 0 Å². The molecule has 1 N–H and O–H groups in total. The Kier molecular flexibility index (Phi) is 2.52. The zero-order chi connectivity index (χ0) is 12.5. The number of benzene rings is 2. The molecule has 0 bridgehead atoms. The minimum atomic E-state index is 0.917. The Morgan fingerprint density at radius 1 is 1.00 bits per heavy atom. The van der Waals surface area contributed by atoms with E-state index in [-0.39, 0.29) is 0 Å². The monoisotopic (exact) mass is 237 g/mol. The van der Waals surface area contributed by atoms with Crippen molar-refractivity contribution in [3.05, 3.63) is 48.5 Å². The van der Waals surface area contributed by atoms with Crippen molar-refractivity contribution in [2.24, 2.45) is 0 Å². The van der Waals surface area contributed by atoms with E-state index in [4.69, 9.17) is 0 Å². The van der Waals surface area contributed by atoms with Gasteiger partial charge in [0.15, 0.2) is 0 Å². The van der Waals surface area contributed by atoms with Gasteiger partial charge in [-0.3, -0.25) is 0 Å². The number of hydrogen-bond donors (Lipinski definition) is 1. The minimum absolute atomic E-state index is 0.917. The SMILES string of the molecule is CN(C)c1cccc(-c2nc3ccccc3[nH]2)c1. The van der Waals surface area contributed by atoms with E-state index in [1.807, 2.05) is 38.4 Å². The van der Waals surface area contributed by atoms with Crippen molar-refractivity contribution in [3.63, 3.8) is 0 Å². The lowest BCUT2D eigenvalue weighted by Gasteiger charge is -2.12. The van der Waals surface area contributed by atoms with Gasteiger partial charge in [-0.1, -0.05) is 24.3 Å². The zero-order valence-corrected chi connectivity index (χ0v) is 10.5. The normalized spacial score (nSPS) is 10.8. The molecule has 3 aromatic rings. The number of aromatic nitrogens is 2. The number of nitrogens with zero attached hydrogens (tertiary/aromatic N) is 2. The second-order valence-corrected chi connectivity index (χ2v) is 4.55. The summed E-state index contributed by atoms with van der Waals surface area (Å²) in [4.78, 5) is 10.0. The molecule has 0 unspecified atom stereocenters. The predicted octanol–water partition coefficient (Wildman–Crippen LogP) is 3.30. The van der Waals surface area contributed by atoms with Crippen molar-refractivity contribution in [1.82, 2.24) is 9.97 Å². The van der Waals surface area contributed by atoms with Crippen LogP contribution in [-0.2, 0) is 0 Å². The van der Waals surface area contributed by atoms with Crippen LogP contribution in [-0.4, -0.2) is 24.1 Å². The Balaban J connectivity index is 2.11. The molecule has 0 fully saturated rings. The van der Waals surface area contributed by atoms with Gasteiger partial charge in [-0.25, -0.2) is 4.98 Å². The van der Waals surface area contributed by atoms with E-state index >= 15 is 0 Å². The largest absolute Gasteiger partial charge is 0.378 e. The highest BCUT2D eigenvalue weighted by atomic mass is 15.1. The molecular weight excluding hydrogens is 222 g/mol. The molecule has 1 heterocycles. The fourth-order valence-corrected chi connectivity index (χ4v) is 2.02. The van der Waals surface area contributed by atoms with Crippen LogP contribution < -0.4 is 4.90 Å². The lowest BCUT2D eigenvalue weighted by atomic mass is 10.2. The molecule has 0 spiro atoms. The molecule has 0 saturated carbocycles. The fourth-order valence-electron chi connectivity index (χ4n) is 2.02. The molecule has 3 heteroatoms. The highest BCUT2D eigenvalue weighted by Crippen LogP contribution is 2.23. The predicted molar refractivity (Wildman–Crippen MR) is 75.9 cm³/mol. The molecule has 3 rings (SSSR count). The second kappa shape index (κ2) is 4.18. The number of hydrogen-bond acceptors (Lipinski definition) is 2. The first-order chi connectivity index (χ1) is 8.74. The van der Waals surface area contributed by atoms with Crippen LogP contribution in [0.3, 0.4) is 0 Å². The summed E-state index contributed by atoms with van der Waals surface area (Å²) in [6.07, 6.45) is 0. The van der Waals surface area contributed by atoms with Crippen LogP contribution in [0.4, 0.5) is 5.69 Å². The summed E-state index contributed by atoms with van der Waals surface area (Å²) in [6.45, 7) is 0. The number of imidazole rings is 1. The van der Waals surface area contributed by atoms with E-state index in [1.165, 1.54) is 5.69 Å². The van der Waals surface area contributed by atoms with Gasteiger partial charge >= 0.3 is 0 Å². The quantitative estimate of drug-likeness (QED) is 0.741. The molecule has 0 aliphatic heterocycles. The van der Waals surface area contributed by atoms with E-state index in [9.17, 15) is 0 Å². The standard InChI is InChI=1S/C15H15N3/c1-18(2)12-7-5-6-11(10-12)15-16-13-8-3-4-9-14(13)17-15/h3-10H,1-2H3,(H,16,17). The van der Waals surface area contributed by atoms with Crippen molar-refractivity contribution in [1.29, 1.82) is 0 Å². The Bertz CT molecular complexity index is 650. The number of aromatic amines is 1. The number of fused-ring (bicyclic) bond motifs is 1. The summed E-state index contributed by atoms with van der Waals surface area (Å²) in [5, 5.41) is 0. The lowest BCUT2D eigenvalue weighted by Crippen LogP contribution is -2.08. The average Bonchev–Trinajstić information content (AvgIpc) is 2.82. The molecule has 2 aromatic carbocycles. The topological polar surface area (TPSA) is 31.9 Å². The van der Waals surface area contributed by atoms with Crippen molar-refractivity contribution in [2.45, 2.75) is 0 Å². The maximum atomic E-state index is 4.61. The molecular formula is C15H15N3. The van der Waals surface area contributed by atoms with Crippen molar-refractivity contribution in [3.8, 4) is 11.4 Å².